The minimum Gasteiger partial charge on any atom is -0.462 e. The number of rotatable bonds is 4. The second-order valence-electron chi connectivity index (χ2n) is 5.96. The van der Waals surface area contributed by atoms with E-state index >= 15 is 0 Å². The average molecular weight is 355 g/mol. The molecule has 1 aromatic rings. The molecule has 6 heteroatoms. The minimum atomic E-state index is -0.554. The number of pyridine rings is 1. The van der Waals surface area contributed by atoms with Crippen molar-refractivity contribution in [2.24, 2.45) is 0 Å². The molecule has 1 aromatic heterocycles. The van der Waals surface area contributed by atoms with Gasteiger partial charge in [0.05, 0.1) is 12.2 Å². The molecule has 0 amide bonds. The summed E-state index contributed by atoms with van der Waals surface area (Å²) in [5, 5.41) is 19.6. The highest BCUT2D eigenvalue weighted by Gasteiger charge is 2.28. The molecule has 2 rings (SSSR count). The Morgan fingerprint density at radius 1 is 1.40 bits per heavy atom. The summed E-state index contributed by atoms with van der Waals surface area (Å²) in [6, 6.07) is 6.14. The zero-order valence-electron chi connectivity index (χ0n) is 14.8. The molecule has 0 aromatic carbocycles. The summed E-state index contributed by atoms with van der Waals surface area (Å²) in [5.41, 5.74) is 3.25. The molecule has 1 fully saturated rings. The number of hydrogen-bond donors (Lipinski definition) is 0. The Hall–Kier alpha value is -2.31. The molecule has 0 saturated heterocycles. The van der Waals surface area contributed by atoms with E-state index in [9.17, 15) is 15.3 Å². The molecule has 0 spiro atoms. The predicted octanol–water partition coefficient (Wildman–Crippen LogP) is 3.99. The lowest BCUT2D eigenvalue weighted by molar-refractivity contribution is -0.138. The van der Waals surface area contributed by atoms with Crippen LogP contribution in [0.3, 0.4) is 0 Å². The van der Waals surface area contributed by atoms with Crippen LogP contribution in [0, 0.1) is 36.5 Å². The molecular formula is C19H21N3O2S. The molecular weight excluding hydrogens is 334 g/mol. The van der Waals surface area contributed by atoms with Gasteiger partial charge < -0.3 is 4.74 Å². The van der Waals surface area contributed by atoms with Crippen molar-refractivity contribution in [3.05, 3.63) is 34.0 Å². The second-order valence-corrected chi connectivity index (χ2v) is 7.15. The fourth-order valence-corrected chi connectivity index (χ4v) is 4.46. The number of nitriles is 2. The Labute approximate surface area is 152 Å². The molecule has 25 heavy (non-hydrogen) atoms. The standard InChI is InChI=1S/C19H21N3O2S/c1-4-24-19(23)16(11-21)14-7-5-6-8-17(14)25-18-15(10-20)12(2)9-13(3)22-18/h9,17H,4-8H2,1-3H3. The van der Waals surface area contributed by atoms with E-state index in [0.717, 1.165) is 36.1 Å². The maximum absolute atomic E-state index is 12.1. The zero-order valence-corrected chi connectivity index (χ0v) is 15.6. The smallest absolute Gasteiger partial charge is 0.348 e. The number of esters is 1. The highest BCUT2D eigenvalue weighted by Crippen LogP contribution is 2.39. The highest BCUT2D eigenvalue weighted by molar-refractivity contribution is 8.00. The minimum absolute atomic E-state index is 0.0337. The third kappa shape index (κ3) is 4.41. The molecule has 0 N–H and O–H groups in total. The molecule has 0 bridgehead atoms. The Kier molecular flexibility index (Phi) is 6.61. The molecule has 130 valence electrons. The Bertz CT molecular complexity index is 787. The molecule has 1 atom stereocenters. The predicted molar refractivity (Wildman–Crippen MR) is 95.8 cm³/mol. The SMILES string of the molecule is CCOC(=O)C(C#N)=C1CCCCC1Sc1nc(C)cc(C)c1C#N. The van der Waals surface area contributed by atoms with Crippen molar-refractivity contribution in [1.29, 1.82) is 10.5 Å². The van der Waals surface area contributed by atoms with Crippen LogP contribution in [-0.4, -0.2) is 22.8 Å². The maximum Gasteiger partial charge on any atom is 0.348 e. The number of aryl methyl sites for hydroxylation is 2. The first kappa shape index (κ1) is 19.0. The largest absolute Gasteiger partial charge is 0.462 e. The van der Waals surface area contributed by atoms with Crippen LogP contribution in [0.2, 0.25) is 0 Å². The third-order valence-corrected chi connectivity index (χ3v) is 5.46. The van der Waals surface area contributed by atoms with E-state index in [1.807, 2.05) is 26.0 Å². The van der Waals surface area contributed by atoms with E-state index in [0.29, 0.717) is 17.0 Å². The monoisotopic (exact) mass is 355 g/mol. The quantitative estimate of drug-likeness (QED) is 0.461. The van der Waals surface area contributed by atoms with Crippen molar-refractivity contribution in [3.63, 3.8) is 0 Å². The van der Waals surface area contributed by atoms with E-state index < -0.39 is 5.97 Å². The molecule has 0 radical (unpaired) electrons. The van der Waals surface area contributed by atoms with E-state index in [-0.39, 0.29) is 17.4 Å². The van der Waals surface area contributed by atoms with Gasteiger partial charge in [-0.15, -0.1) is 0 Å². The lowest BCUT2D eigenvalue weighted by atomic mass is 9.91. The summed E-state index contributed by atoms with van der Waals surface area (Å²) in [6.45, 7) is 5.76. The van der Waals surface area contributed by atoms with Gasteiger partial charge in [-0.25, -0.2) is 9.78 Å². The Morgan fingerprint density at radius 2 is 2.16 bits per heavy atom. The fraction of sp³-hybridized carbons (Fsp3) is 0.474. The summed E-state index contributed by atoms with van der Waals surface area (Å²) in [7, 11) is 0. The number of nitrogens with zero attached hydrogens (tertiary/aromatic N) is 3. The summed E-state index contributed by atoms with van der Waals surface area (Å²) in [4.78, 5) is 16.6. The number of hydrogen-bond acceptors (Lipinski definition) is 6. The zero-order chi connectivity index (χ0) is 18.4. The van der Waals surface area contributed by atoms with Crippen molar-refractivity contribution >= 4 is 17.7 Å². The summed E-state index contributed by atoms with van der Waals surface area (Å²) >= 11 is 1.48. The number of thioether (sulfide) groups is 1. The van der Waals surface area contributed by atoms with Gasteiger partial charge in [0.2, 0.25) is 0 Å². The van der Waals surface area contributed by atoms with Crippen LogP contribution in [0.1, 0.15) is 49.4 Å². The van der Waals surface area contributed by atoms with Gasteiger partial charge in [0.15, 0.2) is 0 Å². The summed E-state index contributed by atoms with van der Waals surface area (Å²) in [5.74, 6) is -0.554. The highest BCUT2D eigenvalue weighted by atomic mass is 32.2. The van der Waals surface area contributed by atoms with Gasteiger partial charge in [-0.1, -0.05) is 18.2 Å². The van der Waals surface area contributed by atoms with Gasteiger partial charge in [0, 0.05) is 10.9 Å². The van der Waals surface area contributed by atoms with Crippen LogP contribution in [-0.2, 0) is 9.53 Å². The van der Waals surface area contributed by atoms with Crippen LogP contribution in [0.5, 0.6) is 0 Å². The molecule has 1 aliphatic rings. The van der Waals surface area contributed by atoms with Crippen LogP contribution < -0.4 is 0 Å². The maximum atomic E-state index is 12.1. The number of aromatic nitrogens is 1. The van der Waals surface area contributed by atoms with Gasteiger partial charge in [-0.2, -0.15) is 10.5 Å². The van der Waals surface area contributed by atoms with E-state index in [4.69, 9.17) is 4.74 Å². The Morgan fingerprint density at radius 3 is 2.80 bits per heavy atom. The molecule has 1 heterocycles. The topological polar surface area (TPSA) is 86.8 Å². The molecule has 0 aliphatic heterocycles. The lowest BCUT2D eigenvalue weighted by Gasteiger charge is -2.26. The van der Waals surface area contributed by atoms with Crippen molar-refractivity contribution < 1.29 is 9.53 Å². The first-order valence-corrected chi connectivity index (χ1v) is 9.25. The van der Waals surface area contributed by atoms with Crippen LogP contribution in [0.25, 0.3) is 0 Å². The van der Waals surface area contributed by atoms with Gasteiger partial charge in [0.25, 0.3) is 0 Å². The third-order valence-electron chi connectivity index (χ3n) is 4.14. The van der Waals surface area contributed by atoms with E-state index in [2.05, 4.69) is 11.1 Å². The van der Waals surface area contributed by atoms with E-state index in [1.54, 1.807) is 6.92 Å². The van der Waals surface area contributed by atoms with Crippen LogP contribution >= 0.6 is 11.8 Å². The lowest BCUT2D eigenvalue weighted by Crippen LogP contribution is -2.19. The van der Waals surface area contributed by atoms with Crippen molar-refractivity contribution in [2.75, 3.05) is 6.61 Å². The average Bonchev–Trinajstić information content (AvgIpc) is 2.57. The van der Waals surface area contributed by atoms with Crippen molar-refractivity contribution in [3.8, 4) is 12.1 Å². The molecule has 1 unspecified atom stereocenters. The molecule has 1 aliphatic carbocycles. The van der Waals surface area contributed by atoms with Gasteiger partial charge in [-0.05, 0) is 57.2 Å². The summed E-state index contributed by atoms with van der Waals surface area (Å²) in [6.07, 6.45) is 3.52. The molecule has 5 nitrogen and oxygen atoms in total. The second kappa shape index (κ2) is 8.69. The van der Waals surface area contributed by atoms with Crippen LogP contribution in [0.15, 0.2) is 22.2 Å². The first-order chi connectivity index (χ1) is 12.0. The summed E-state index contributed by atoms with van der Waals surface area (Å²) < 4.78 is 5.03. The van der Waals surface area contributed by atoms with Crippen LogP contribution in [0.4, 0.5) is 0 Å². The van der Waals surface area contributed by atoms with Crippen molar-refractivity contribution in [2.45, 2.75) is 56.7 Å². The first-order valence-electron chi connectivity index (χ1n) is 8.37. The molecule has 1 saturated carbocycles. The Balaban J connectivity index is 2.42. The number of carbonyl (C=O) groups excluding carboxylic acids is 1. The fourth-order valence-electron chi connectivity index (χ4n) is 3.01. The normalized spacial score (nSPS) is 18.8. The number of ether oxygens (including phenoxy) is 1. The van der Waals surface area contributed by atoms with Gasteiger partial charge in [0.1, 0.15) is 22.7 Å². The van der Waals surface area contributed by atoms with Gasteiger partial charge >= 0.3 is 5.97 Å². The van der Waals surface area contributed by atoms with Gasteiger partial charge in [-0.3, -0.25) is 0 Å². The van der Waals surface area contributed by atoms with Crippen molar-refractivity contribution in [1.82, 2.24) is 4.98 Å². The van der Waals surface area contributed by atoms with E-state index in [1.165, 1.54) is 11.8 Å². The number of carbonyl (C=O) groups is 1.